The van der Waals surface area contributed by atoms with Crippen LogP contribution >= 0.6 is 0 Å². The summed E-state index contributed by atoms with van der Waals surface area (Å²) in [5.41, 5.74) is 0. The summed E-state index contributed by atoms with van der Waals surface area (Å²) in [5.74, 6) is 0.966. The van der Waals surface area contributed by atoms with Crippen LogP contribution in [0.2, 0.25) is 0 Å². The molecule has 0 aliphatic heterocycles. The average molecular weight is 238 g/mol. The summed E-state index contributed by atoms with van der Waals surface area (Å²) < 4.78 is 7.47. The average Bonchev–Trinajstić information content (AvgIpc) is 2.76. The summed E-state index contributed by atoms with van der Waals surface area (Å²) in [6.07, 6.45) is 5.48. The SMILES string of the molecule is CCCC(OCC)C(=O)Cc1nccn1CC. The number of rotatable bonds is 8. The van der Waals surface area contributed by atoms with E-state index in [-0.39, 0.29) is 11.9 Å². The molecule has 0 radical (unpaired) electrons. The largest absolute Gasteiger partial charge is 0.371 e. The number of carbonyl (C=O) groups is 1. The van der Waals surface area contributed by atoms with E-state index < -0.39 is 0 Å². The Bertz CT molecular complexity index is 341. The second kappa shape index (κ2) is 7.22. The molecule has 0 N–H and O–H groups in total. The third kappa shape index (κ3) is 3.97. The van der Waals surface area contributed by atoms with Crippen LogP contribution in [0.3, 0.4) is 0 Å². The van der Waals surface area contributed by atoms with Gasteiger partial charge in [-0.25, -0.2) is 4.98 Å². The van der Waals surface area contributed by atoms with E-state index in [1.807, 2.05) is 24.6 Å². The lowest BCUT2D eigenvalue weighted by molar-refractivity contribution is -0.130. The minimum atomic E-state index is -0.271. The molecule has 0 aliphatic carbocycles. The van der Waals surface area contributed by atoms with Gasteiger partial charge in [-0.1, -0.05) is 13.3 Å². The molecule has 1 aromatic heterocycles. The maximum Gasteiger partial charge on any atom is 0.169 e. The predicted octanol–water partition coefficient (Wildman–Crippen LogP) is 2.22. The molecule has 1 heterocycles. The molecule has 0 aliphatic rings. The Kier molecular flexibility index (Phi) is 5.91. The fourth-order valence-corrected chi connectivity index (χ4v) is 1.87. The molecule has 0 bridgehead atoms. The van der Waals surface area contributed by atoms with Gasteiger partial charge in [0.2, 0.25) is 0 Å². The van der Waals surface area contributed by atoms with Crippen LogP contribution in [0, 0.1) is 0 Å². The highest BCUT2D eigenvalue weighted by atomic mass is 16.5. The maximum atomic E-state index is 12.1. The van der Waals surface area contributed by atoms with Crippen molar-refractivity contribution in [1.82, 2.24) is 9.55 Å². The number of hydrogen-bond donors (Lipinski definition) is 0. The zero-order valence-electron chi connectivity index (χ0n) is 11.0. The molecule has 0 saturated heterocycles. The lowest BCUT2D eigenvalue weighted by Crippen LogP contribution is -2.27. The topological polar surface area (TPSA) is 44.1 Å². The fraction of sp³-hybridized carbons (Fsp3) is 0.692. The van der Waals surface area contributed by atoms with Crippen molar-refractivity contribution in [3.63, 3.8) is 0 Å². The van der Waals surface area contributed by atoms with Gasteiger partial charge in [-0.2, -0.15) is 0 Å². The van der Waals surface area contributed by atoms with Gasteiger partial charge < -0.3 is 9.30 Å². The third-order valence-electron chi connectivity index (χ3n) is 2.75. The number of ether oxygens (including phenoxy) is 1. The number of hydrogen-bond acceptors (Lipinski definition) is 3. The predicted molar refractivity (Wildman–Crippen MR) is 66.9 cm³/mol. The Morgan fingerprint density at radius 1 is 1.47 bits per heavy atom. The zero-order chi connectivity index (χ0) is 12.7. The van der Waals surface area contributed by atoms with E-state index in [0.717, 1.165) is 25.2 Å². The minimum Gasteiger partial charge on any atom is -0.371 e. The summed E-state index contributed by atoms with van der Waals surface area (Å²) in [7, 11) is 0. The van der Waals surface area contributed by atoms with Gasteiger partial charge in [0.05, 0.1) is 6.42 Å². The van der Waals surface area contributed by atoms with Crippen LogP contribution < -0.4 is 0 Å². The Labute approximate surface area is 103 Å². The van der Waals surface area contributed by atoms with Crippen LogP contribution in [0.1, 0.15) is 39.4 Å². The monoisotopic (exact) mass is 238 g/mol. The molecule has 1 aromatic rings. The number of nitrogens with zero attached hydrogens (tertiary/aromatic N) is 2. The molecule has 0 aromatic carbocycles. The van der Waals surface area contributed by atoms with Crippen molar-refractivity contribution in [2.45, 2.75) is 52.7 Å². The van der Waals surface area contributed by atoms with E-state index in [9.17, 15) is 4.79 Å². The van der Waals surface area contributed by atoms with Gasteiger partial charge in [-0.15, -0.1) is 0 Å². The molecule has 4 nitrogen and oxygen atoms in total. The maximum absolute atomic E-state index is 12.1. The van der Waals surface area contributed by atoms with Crippen LogP contribution in [-0.2, 0) is 22.5 Å². The first-order chi connectivity index (χ1) is 8.22. The highest BCUT2D eigenvalue weighted by molar-refractivity contribution is 5.84. The standard InChI is InChI=1S/C13H22N2O2/c1-4-7-12(17-6-3)11(16)10-13-14-8-9-15(13)5-2/h8-9,12H,4-7,10H2,1-3H3. The van der Waals surface area contributed by atoms with Crippen LogP contribution in [0.4, 0.5) is 0 Å². The van der Waals surface area contributed by atoms with E-state index >= 15 is 0 Å². The van der Waals surface area contributed by atoms with E-state index in [0.29, 0.717) is 13.0 Å². The number of Topliss-reactive ketones (excluding diaryl/α,β-unsaturated/α-hetero) is 1. The molecule has 96 valence electrons. The molecule has 0 amide bonds. The zero-order valence-corrected chi connectivity index (χ0v) is 11.0. The molecule has 4 heteroatoms. The lowest BCUT2D eigenvalue weighted by atomic mass is 10.1. The van der Waals surface area contributed by atoms with Gasteiger partial charge in [0.25, 0.3) is 0 Å². The van der Waals surface area contributed by atoms with Crippen molar-refractivity contribution in [3.8, 4) is 0 Å². The van der Waals surface area contributed by atoms with Gasteiger partial charge >= 0.3 is 0 Å². The van der Waals surface area contributed by atoms with Gasteiger partial charge in [-0.05, 0) is 20.3 Å². The molecule has 0 fully saturated rings. The summed E-state index contributed by atoms with van der Waals surface area (Å²) >= 11 is 0. The summed E-state index contributed by atoms with van der Waals surface area (Å²) in [6.45, 7) is 7.45. The molecule has 0 spiro atoms. The van der Waals surface area contributed by atoms with Crippen LogP contribution in [0.5, 0.6) is 0 Å². The van der Waals surface area contributed by atoms with Crippen molar-refractivity contribution >= 4 is 5.78 Å². The van der Waals surface area contributed by atoms with Crippen molar-refractivity contribution in [2.24, 2.45) is 0 Å². The smallest absolute Gasteiger partial charge is 0.169 e. The Hall–Kier alpha value is -1.16. The van der Waals surface area contributed by atoms with E-state index in [4.69, 9.17) is 4.74 Å². The van der Waals surface area contributed by atoms with Crippen LogP contribution in [-0.4, -0.2) is 28.0 Å². The van der Waals surface area contributed by atoms with Crippen molar-refractivity contribution in [2.75, 3.05) is 6.61 Å². The van der Waals surface area contributed by atoms with Gasteiger partial charge in [0.15, 0.2) is 5.78 Å². The first-order valence-corrected chi connectivity index (χ1v) is 6.37. The highest BCUT2D eigenvalue weighted by Crippen LogP contribution is 2.08. The fourth-order valence-electron chi connectivity index (χ4n) is 1.87. The second-order valence-corrected chi connectivity index (χ2v) is 4.01. The number of aromatic nitrogens is 2. The summed E-state index contributed by atoms with van der Waals surface area (Å²) in [6, 6.07) is 0. The van der Waals surface area contributed by atoms with E-state index in [1.54, 1.807) is 6.20 Å². The van der Waals surface area contributed by atoms with Crippen molar-refractivity contribution < 1.29 is 9.53 Å². The van der Waals surface area contributed by atoms with Gasteiger partial charge in [0.1, 0.15) is 11.9 Å². The molecule has 1 unspecified atom stereocenters. The Balaban J connectivity index is 2.62. The lowest BCUT2D eigenvalue weighted by Gasteiger charge is -2.15. The quantitative estimate of drug-likeness (QED) is 0.697. The van der Waals surface area contributed by atoms with Crippen molar-refractivity contribution in [3.05, 3.63) is 18.2 Å². The number of carbonyl (C=O) groups excluding carboxylic acids is 1. The first-order valence-electron chi connectivity index (χ1n) is 6.37. The third-order valence-corrected chi connectivity index (χ3v) is 2.75. The van der Waals surface area contributed by atoms with Crippen molar-refractivity contribution in [1.29, 1.82) is 0 Å². The molecule has 1 rings (SSSR count). The van der Waals surface area contributed by atoms with E-state index in [2.05, 4.69) is 11.9 Å². The minimum absolute atomic E-state index is 0.134. The number of ketones is 1. The Morgan fingerprint density at radius 3 is 2.82 bits per heavy atom. The van der Waals surface area contributed by atoms with Crippen LogP contribution in [0.15, 0.2) is 12.4 Å². The summed E-state index contributed by atoms with van der Waals surface area (Å²) in [4.78, 5) is 16.3. The number of imidazole rings is 1. The first kappa shape index (κ1) is 13.9. The molecule has 17 heavy (non-hydrogen) atoms. The van der Waals surface area contributed by atoms with Gasteiger partial charge in [-0.3, -0.25) is 4.79 Å². The second-order valence-electron chi connectivity index (χ2n) is 4.01. The van der Waals surface area contributed by atoms with Gasteiger partial charge in [0, 0.05) is 25.5 Å². The summed E-state index contributed by atoms with van der Waals surface area (Å²) in [5, 5.41) is 0. The van der Waals surface area contributed by atoms with Crippen LogP contribution in [0.25, 0.3) is 0 Å². The Morgan fingerprint density at radius 2 is 2.24 bits per heavy atom. The number of aryl methyl sites for hydroxylation is 1. The molecular weight excluding hydrogens is 216 g/mol. The molecule has 0 saturated carbocycles. The highest BCUT2D eigenvalue weighted by Gasteiger charge is 2.19. The normalized spacial score (nSPS) is 12.6. The molecular formula is C13H22N2O2. The molecule has 1 atom stereocenters. The van der Waals surface area contributed by atoms with E-state index in [1.165, 1.54) is 0 Å².